The van der Waals surface area contributed by atoms with Crippen LogP contribution in [0.25, 0.3) is 0 Å². The third kappa shape index (κ3) is 3.77. The smallest absolute Gasteiger partial charge is 0.410 e. The van der Waals surface area contributed by atoms with Crippen LogP contribution in [0.1, 0.15) is 10.4 Å². The first-order valence-corrected chi connectivity index (χ1v) is 7.95. The number of hydrogen-bond donors (Lipinski definition) is 0. The van der Waals surface area contributed by atoms with Gasteiger partial charge in [-0.25, -0.2) is 9.78 Å². The van der Waals surface area contributed by atoms with Gasteiger partial charge in [0.05, 0.1) is 10.5 Å². The number of non-ortho nitro benzene ring substituents is 1. The maximum absolute atomic E-state index is 12.2. The molecular weight excluding hydrogens is 340 g/mol. The van der Waals surface area contributed by atoms with E-state index in [0.29, 0.717) is 37.6 Å². The molecule has 0 spiro atoms. The van der Waals surface area contributed by atoms with Crippen LogP contribution in [-0.2, 0) is 0 Å². The summed E-state index contributed by atoms with van der Waals surface area (Å²) in [6, 6.07) is 8.73. The minimum atomic E-state index is -0.518. The first kappa shape index (κ1) is 17.3. The SMILES string of the molecule is O=Cc1cccnc1N1CCN(C(=O)Oc2ccc([N+](=O)[O-])cc2)CC1. The Morgan fingerprint density at radius 1 is 1.15 bits per heavy atom. The van der Waals surface area contributed by atoms with E-state index < -0.39 is 11.0 Å². The summed E-state index contributed by atoms with van der Waals surface area (Å²) in [5, 5.41) is 10.6. The Morgan fingerprint density at radius 3 is 2.46 bits per heavy atom. The van der Waals surface area contributed by atoms with Crippen molar-refractivity contribution in [1.29, 1.82) is 0 Å². The third-order valence-corrected chi connectivity index (χ3v) is 4.03. The van der Waals surface area contributed by atoms with E-state index in [4.69, 9.17) is 4.74 Å². The Hall–Kier alpha value is -3.49. The fourth-order valence-corrected chi connectivity index (χ4v) is 2.67. The monoisotopic (exact) mass is 356 g/mol. The standard InChI is InChI=1S/C17H16N4O5/c22-12-13-2-1-7-18-16(13)19-8-10-20(11-9-19)17(23)26-15-5-3-14(4-6-15)21(24)25/h1-7,12H,8-11H2. The molecule has 9 nitrogen and oxygen atoms in total. The molecule has 134 valence electrons. The highest BCUT2D eigenvalue weighted by Crippen LogP contribution is 2.20. The fraction of sp³-hybridized carbons (Fsp3) is 0.235. The van der Waals surface area contributed by atoms with Gasteiger partial charge in [0.1, 0.15) is 11.6 Å². The molecule has 2 aromatic rings. The molecule has 2 heterocycles. The quantitative estimate of drug-likeness (QED) is 0.469. The molecule has 0 N–H and O–H groups in total. The topological polar surface area (TPSA) is 106 Å². The summed E-state index contributed by atoms with van der Waals surface area (Å²) in [5.41, 5.74) is 0.439. The van der Waals surface area contributed by atoms with Gasteiger partial charge in [0.2, 0.25) is 0 Å². The number of benzene rings is 1. The van der Waals surface area contributed by atoms with E-state index >= 15 is 0 Å². The lowest BCUT2D eigenvalue weighted by molar-refractivity contribution is -0.384. The maximum atomic E-state index is 12.2. The molecule has 1 fully saturated rings. The van der Waals surface area contributed by atoms with E-state index in [1.807, 2.05) is 4.90 Å². The molecule has 1 saturated heterocycles. The first-order chi connectivity index (χ1) is 12.6. The van der Waals surface area contributed by atoms with Crippen molar-refractivity contribution in [2.24, 2.45) is 0 Å². The molecule has 3 rings (SSSR count). The largest absolute Gasteiger partial charge is 0.415 e. The third-order valence-electron chi connectivity index (χ3n) is 4.03. The van der Waals surface area contributed by atoms with E-state index in [-0.39, 0.29) is 11.4 Å². The number of amides is 1. The highest BCUT2D eigenvalue weighted by molar-refractivity contribution is 5.82. The zero-order chi connectivity index (χ0) is 18.5. The molecule has 1 amide bonds. The lowest BCUT2D eigenvalue weighted by Gasteiger charge is -2.35. The second-order valence-corrected chi connectivity index (χ2v) is 5.63. The predicted molar refractivity (Wildman–Crippen MR) is 92.5 cm³/mol. The van der Waals surface area contributed by atoms with Crippen LogP contribution in [-0.4, -0.2) is 53.4 Å². The summed E-state index contributed by atoms with van der Waals surface area (Å²) in [4.78, 5) is 41.2. The summed E-state index contributed by atoms with van der Waals surface area (Å²) in [6.45, 7) is 1.88. The number of anilines is 1. The van der Waals surface area contributed by atoms with Crippen LogP contribution in [0.3, 0.4) is 0 Å². The fourth-order valence-electron chi connectivity index (χ4n) is 2.67. The number of nitro benzene ring substituents is 1. The second-order valence-electron chi connectivity index (χ2n) is 5.63. The Bertz CT molecular complexity index is 816. The first-order valence-electron chi connectivity index (χ1n) is 7.95. The van der Waals surface area contributed by atoms with Gasteiger partial charge in [-0.2, -0.15) is 0 Å². The van der Waals surface area contributed by atoms with E-state index in [0.717, 1.165) is 6.29 Å². The van der Waals surface area contributed by atoms with Gasteiger partial charge in [-0.1, -0.05) is 0 Å². The number of pyridine rings is 1. The molecule has 1 aliphatic rings. The van der Waals surface area contributed by atoms with Gasteiger partial charge in [0, 0.05) is 44.5 Å². The number of rotatable bonds is 4. The Balaban J connectivity index is 1.58. The van der Waals surface area contributed by atoms with Gasteiger partial charge >= 0.3 is 6.09 Å². The van der Waals surface area contributed by atoms with Crippen LogP contribution in [0.2, 0.25) is 0 Å². The highest BCUT2D eigenvalue weighted by atomic mass is 16.6. The summed E-state index contributed by atoms with van der Waals surface area (Å²) < 4.78 is 5.25. The van der Waals surface area contributed by atoms with Gasteiger partial charge < -0.3 is 14.5 Å². The number of hydrogen-bond acceptors (Lipinski definition) is 7. The van der Waals surface area contributed by atoms with Crippen molar-refractivity contribution in [1.82, 2.24) is 9.88 Å². The van der Waals surface area contributed by atoms with Crippen LogP contribution in [0.5, 0.6) is 5.75 Å². The van der Waals surface area contributed by atoms with E-state index in [2.05, 4.69) is 4.98 Å². The molecule has 1 aromatic carbocycles. The predicted octanol–water partition coefficient (Wildman–Crippen LogP) is 2.12. The van der Waals surface area contributed by atoms with Crippen molar-refractivity contribution < 1.29 is 19.2 Å². The number of nitro groups is 1. The zero-order valence-corrected chi connectivity index (χ0v) is 13.8. The zero-order valence-electron chi connectivity index (χ0n) is 13.8. The average molecular weight is 356 g/mol. The van der Waals surface area contributed by atoms with Crippen molar-refractivity contribution >= 4 is 23.9 Å². The number of carbonyl (C=O) groups is 2. The molecule has 0 bridgehead atoms. The van der Waals surface area contributed by atoms with Gasteiger partial charge in [0.25, 0.3) is 5.69 Å². The van der Waals surface area contributed by atoms with Crippen molar-refractivity contribution in [3.8, 4) is 5.75 Å². The molecule has 0 aliphatic carbocycles. The van der Waals surface area contributed by atoms with Crippen molar-refractivity contribution in [2.75, 3.05) is 31.1 Å². The molecule has 0 unspecified atom stereocenters. The molecule has 0 saturated carbocycles. The summed E-state index contributed by atoms with van der Waals surface area (Å²) in [7, 11) is 0. The van der Waals surface area contributed by atoms with Gasteiger partial charge in [-0.3, -0.25) is 14.9 Å². The lowest BCUT2D eigenvalue weighted by atomic mass is 10.2. The van der Waals surface area contributed by atoms with E-state index in [1.165, 1.54) is 24.3 Å². The van der Waals surface area contributed by atoms with Crippen LogP contribution >= 0.6 is 0 Å². The average Bonchev–Trinajstić information content (AvgIpc) is 2.68. The Morgan fingerprint density at radius 2 is 1.85 bits per heavy atom. The van der Waals surface area contributed by atoms with E-state index in [9.17, 15) is 19.7 Å². The Kier molecular flexibility index (Phi) is 5.07. The molecule has 0 atom stereocenters. The Labute approximate surface area is 149 Å². The van der Waals surface area contributed by atoms with Crippen molar-refractivity contribution in [3.05, 3.63) is 58.3 Å². The van der Waals surface area contributed by atoms with Crippen LogP contribution < -0.4 is 9.64 Å². The molecule has 0 radical (unpaired) electrons. The lowest BCUT2D eigenvalue weighted by Crippen LogP contribution is -2.50. The molecular formula is C17H16N4O5. The number of piperazine rings is 1. The summed E-state index contributed by atoms with van der Waals surface area (Å²) in [5.74, 6) is 0.849. The minimum Gasteiger partial charge on any atom is -0.410 e. The molecule has 1 aliphatic heterocycles. The maximum Gasteiger partial charge on any atom is 0.415 e. The van der Waals surface area contributed by atoms with Gasteiger partial charge in [-0.15, -0.1) is 0 Å². The number of ether oxygens (including phenoxy) is 1. The molecule has 1 aromatic heterocycles. The highest BCUT2D eigenvalue weighted by Gasteiger charge is 2.24. The van der Waals surface area contributed by atoms with Crippen molar-refractivity contribution in [2.45, 2.75) is 0 Å². The van der Waals surface area contributed by atoms with Gasteiger partial charge in [0.15, 0.2) is 6.29 Å². The van der Waals surface area contributed by atoms with E-state index in [1.54, 1.807) is 23.2 Å². The summed E-state index contributed by atoms with van der Waals surface area (Å²) >= 11 is 0. The normalized spacial score (nSPS) is 14.0. The molecule has 9 heteroatoms. The van der Waals surface area contributed by atoms with Crippen LogP contribution in [0, 0.1) is 10.1 Å². The number of aromatic nitrogens is 1. The van der Waals surface area contributed by atoms with Crippen LogP contribution in [0.4, 0.5) is 16.3 Å². The second kappa shape index (κ2) is 7.60. The summed E-state index contributed by atoms with van der Waals surface area (Å²) in [6.07, 6.45) is 1.87. The number of nitrogens with zero attached hydrogens (tertiary/aromatic N) is 4. The molecule has 26 heavy (non-hydrogen) atoms. The number of aldehydes is 1. The van der Waals surface area contributed by atoms with Crippen LogP contribution in [0.15, 0.2) is 42.6 Å². The van der Waals surface area contributed by atoms with Crippen molar-refractivity contribution in [3.63, 3.8) is 0 Å². The minimum absolute atomic E-state index is 0.0697. The number of carbonyl (C=O) groups excluding carboxylic acids is 2. The van der Waals surface area contributed by atoms with Gasteiger partial charge in [-0.05, 0) is 24.3 Å².